The van der Waals surface area contributed by atoms with E-state index in [-0.39, 0.29) is 23.7 Å². The van der Waals surface area contributed by atoms with Crippen LogP contribution < -0.4 is 10.1 Å². The predicted octanol–water partition coefficient (Wildman–Crippen LogP) is 3.12. The van der Waals surface area contributed by atoms with E-state index in [1.54, 1.807) is 0 Å². The molecule has 1 saturated carbocycles. The Morgan fingerprint density at radius 1 is 1.18 bits per heavy atom. The molecule has 4 heteroatoms. The molecule has 1 aromatic carbocycles. The summed E-state index contributed by atoms with van der Waals surface area (Å²) in [6.45, 7) is 0.701. The Bertz CT molecular complexity index is 559. The quantitative estimate of drug-likeness (QED) is 0.913. The summed E-state index contributed by atoms with van der Waals surface area (Å²) in [5, 5.41) is 3.22. The first-order valence-corrected chi connectivity index (χ1v) is 8.46. The molecule has 2 unspecified atom stereocenters. The summed E-state index contributed by atoms with van der Waals surface area (Å²) in [5.74, 6) is 0.973. The lowest BCUT2D eigenvalue weighted by Gasteiger charge is -2.40. The fourth-order valence-corrected chi connectivity index (χ4v) is 4.12. The Kier molecular flexibility index (Phi) is 3.57. The van der Waals surface area contributed by atoms with Gasteiger partial charge in [0.1, 0.15) is 17.5 Å². The van der Waals surface area contributed by atoms with Gasteiger partial charge in [0, 0.05) is 18.6 Å². The van der Waals surface area contributed by atoms with Crippen molar-refractivity contribution in [3.8, 4) is 5.75 Å². The number of benzene rings is 1. The minimum atomic E-state index is -0.269. The molecule has 0 aromatic heterocycles. The first kappa shape index (κ1) is 14.1. The van der Waals surface area contributed by atoms with Gasteiger partial charge in [-0.3, -0.25) is 4.79 Å². The van der Waals surface area contributed by atoms with Crippen LogP contribution in [0.15, 0.2) is 24.3 Å². The molecule has 1 aromatic rings. The molecule has 2 atom stereocenters. The Morgan fingerprint density at radius 3 is 2.77 bits per heavy atom. The molecule has 22 heavy (non-hydrogen) atoms. The highest BCUT2D eigenvalue weighted by molar-refractivity contribution is 5.81. The van der Waals surface area contributed by atoms with Gasteiger partial charge in [0.15, 0.2) is 0 Å². The fourth-order valence-electron chi connectivity index (χ4n) is 4.12. The van der Waals surface area contributed by atoms with E-state index in [0.29, 0.717) is 6.61 Å². The Labute approximate surface area is 131 Å². The molecule has 1 amide bonds. The fraction of sp³-hybridized carbons (Fsp3) is 0.611. The molecule has 1 saturated heterocycles. The monoisotopic (exact) mass is 301 g/mol. The van der Waals surface area contributed by atoms with Crippen LogP contribution in [-0.4, -0.2) is 24.2 Å². The van der Waals surface area contributed by atoms with E-state index in [4.69, 9.17) is 9.47 Å². The van der Waals surface area contributed by atoms with Crippen molar-refractivity contribution in [1.29, 1.82) is 0 Å². The first-order valence-electron chi connectivity index (χ1n) is 8.46. The minimum absolute atomic E-state index is 0.0346. The molecule has 2 heterocycles. The van der Waals surface area contributed by atoms with Crippen LogP contribution in [0.4, 0.5) is 0 Å². The number of para-hydroxylation sites is 1. The molecule has 0 bridgehead atoms. The van der Waals surface area contributed by atoms with Crippen LogP contribution in [0.1, 0.15) is 56.6 Å². The van der Waals surface area contributed by atoms with Crippen molar-refractivity contribution in [3.63, 3.8) is 0 Å². The topological polar surface area (TPSA) is 47.6 Å². The summed E-state index contributed by atoms with van der Waals surface area (Å²) >= 11 is 0. The standard InChI is InChI=1S/C18H23NO3/c20-17(16-8-5-11-21-16)19-14-12-18(9-3-4-10-18)22-15-7-2-1-6-13(14)15/h1-2,6-7,14,16H,3-5,8-12H2,(H,19,20). The van der Waals surface area contributed by atoms with Gasteiger partial charge in [0.05, 0.1) is 6.04 Å². The van der Waals surface area contributed by atoms with Crippen LogP contribution in [0.3, 0.4) is 0 Å². The van der Waals surface area contributed by atoms with Crippen LogP contribution in [0.2, 0.25) is 0 Å². The zero-order valence-electron chi connectivity index (χ0n) is 12.8. The maximum Gasteiger partial charge on any atom is 0.249 e. The maximum atomic E-state index is 12.4. The average molecular weight is 301 g/mol. The van der Waals surface area contributed by atoms with Crippen LogP contribution in [-0.2, 0) is 9.53 Å². The number of fused-ring (bicyclic) bond motifs is 1. The zero-order chi connectivity index (χ0) is 15.0. The van der Waals surface area contributed by atoms with Crippen molar-refractivity contribution in [3.05, 3.63) is 29.8 Å². The third-order valence-corrected chi connectivity index (χ3v) is 5.25. The van der Waals surface area contributed by atoms with Crippen molar-refractivity contribution in [1.82, 2.24) is 5.32 Å². The van der Waals surface area contributed by atoms with Crippen molar-refractivity contribution in [2.75, 3.05) is 6.61 Å². The van der Waals surface area contributed by atoms with Gasteiger partial charge in [-0.05, 0) is 44.6 Å². The van der Waals surface area contributed by atoms with Crippen LogP contribution >= 0.6 is 0 Å². The van der Waals surface area contributed by atoms with Gasteiger partial charge in [0.2, 0.25) is 5.91 Å². The molecule has 3 aliphatic rings. The van der Waals surface area contributed by atoms with E-state index in [2.05, 4.69) is 11.4 Å². The summed E-state index contributed by atoms with van der Waals surface area (Å²) < 4.78 is 11.9. The van der Waals surface area contributed by atoms with E-state index in [1.807, 2.05) is 18.2 Å². The lowest BCUT2D eigenvalue weighted by Crippen LogP contribution is -2.45. The molecule has 2 aliphatic heterocycles. The van der Waals surface area contributed by atoms with Gasteiger partial charge in [-0.2, -0.15) is 0 Å². The highest BCUT2D eigenvalue weighted by Crippen LogP contribution is 2.47. The van der Waals surface area contributed by atoms with E-state index < -0.39 is 0 Å². The maximum absolute atomic E-state index is 12.4. The molecule has 1 N–H and O–H groups in total. The predicted molar refractivity (Wildman–Crippen MR) is 82.7 cm³/mol. The number of amides is 1. The summed E-state index contributed by atoms with van der Waals surface area (Å²) in [5.41, 5.74) is 1.02. The van der Waals surface area contributed by atoms with Gasteiger partial charge >= 0.3 is 0 Å². The second kappa shape index (κ2) is 5.58. The molecule has 0 radical (unpaired) electrons. The van der Waals surface area contributed by atoms with Crippen molar-refractivity contribution in [2.45, 2.75) is 62.7 Å². The summed E-state index contributed by atoms with van der Waals surface area (Å²) in [6, 6.07) is 8.16. The second-order valence-corrected chi connectivity index (χ2v) is 6.80. The third-order valence-electron chi connectivity index (χ3n) is 5.25. The summed E-state index contributed by atoms with van der Waals surface area (Å²) in [6.07, 6.45) is 7.04. The molecule has 1 aliphatic carbocycles. The Morgan fingerprint density at radius 2 is 2.00 bits per heavy atom. The van der Waals surface area contributed by atoms with Crippen molar-refractivity contribution >= 4 is 5.91 Å². The minimum Gasteiger partial charge on any atom is -0.487 e. The number of nitrogens with one attached hydrogen (secondary N) is 1. The molecule has 4 nitrogen and oxygen atoms in total. The van der Waals surface area contributed by atoms with E-state index >= 15 is 0 Å². The average Bonchev–Trinajstić information content (AvgIpc) is 3.19. The van der Waals surface area contributed by atoms with E-state index in [9.17, 15) is 4.79 Å². The van der Waals surface area contributed by atoms with Gasteiger partial charge in [-0.15, -0.1) is 0 Å². The summed E-state index contributed by atoms with van der Waals surface area (Å²) in [4.78, 5) is 12.4. The normalized spacial score (nSPS) is 29.1. The van der Waals surface area contributed by atoms with Crippen LogP contribution in [0.5, 0.6) is 5.75 Å². The number of carbonyl (C=O) groups is 1. The molecule has 118 valence electrons. The molecule has 2 fully saturated rings. The van der Waals surface area contributed by atoms with E-state index in [0.717, 1.165) is 43.4 Å². The highest BCUT2D eigenvalue weighted by Gasteiger charge is 2.43. The molecule has 1 spiro atoms. The molecular weight excluding hydrogens is 278 g/mol. The molecule has 4 rings (SSSR count). The molecular formula is C18H23NO3. The highest BCUT2D eigenvalue weighted by atomic mass is 16.5. The number of hydrogen-bond donors (Lipinski definition) is 1. The van der Waals surface area contributed by atoms with Gasteiger partial charge in [-0.1, -0.05) is 18.2 Å². The summed E-state index contributed by atoms with van der Waals surface area (Å²) in [7, 11) is 0. The van der Waals surface area contributed by atoms with Crippen molar-refractivity contribution in [2.24, 2.45) is 0 Å². The largest absolute Gasteiger partial charge is 0.487 e. The first-order chi connectivity index (χ1) is 10.8. The second-order valence-electron chi connectivity index (χ2n) is 6.80. The van der Waals surface area contributed by atoms with Crippen molar-refractivity contribution < 1.29 is 14.3 Å². The Hall–Kier alpha value is -1.55. The zero-order valence-corrected chi connectivity index (χ0v) is 12.8. The van der Waals surface area contributed by atoms with Crippen LogP contribution in [0, 0.1) is 0 Å². The van der Waals surface area contributed by atoms with Gasteiger partial charge in [0.25, 0.3) is 0 Å². The number of carbonyl (C=O) groups excluding carboxylic acids is 1. The lowest BCUT2D eigenvalue weighted by molar-refractivity contribution is -0.131. The number of ether oxygens (including phenoxy) is 2. The lowest BCUT2D eigenvalue weighted by atomic mass is 9.86. The van der Waals surface area contributed by atoms with Gasteiger partial charge in [-0.25, -0.2) is 0 Å². The third kappa shape index (κ3) is 2.50. The SMILES string of the molecule is O=C(NC1CC2(CCCC2)Oc2ccccc21)C1CCCO1. The number of hydrogen-bond acceptors (Lipinski definition) is 3. The van der Waals surface area contributed by atoms with E-state index in [1.165, 1.54) is 12.8 Å². The number of rotatable bonds is 2. The smallest absolute Gasteiger partial charge is 0.249 e. The van der Waals surface area contributed by atoms with Gasteiger partial charge < -0.3 is 14.8 Å². The van der Waals surface area contributed by atoms with Crippen LogP contribution in [0.25, 0.3) is 0 Å². The Balaban J connectivity index is 1.58.